The van der Waals surface area contributed by atoms with Crippen LogP contribution in [0.3, 0.4) is 0 Å². The zero-order chi connectivity index (χ0) is 11.4. The molecule has 2 rings (SSSR count). The van der Waals surface area contributed by atoms with Crippen LogP contribution in [0.25, 0.3) is 0 Å². The van der Waals surface area contributed by atoms with E-state index in [2.05, 4.69) is 34.4 Å². The molecule has 1 aliphatic rings. The van der Waals surface area contributed by atoms with E-state index in [-0.39, 0.29) is 0 Å². The van der Waals surface area contributed by atoms with Crippen LogP contribution in [0, 0.1) is 0 Å². The van der Waals surface area contributed by atoms with Gasteiger partial charge < -0.3 is 10.6 Å². The van der Waals surface area contributed by atoms with Gasteiger partial charge in [-0.15, -0.1) is 0 Å². The van der Waals surface area contributed by atoms with Gasteiger partial charge in [-0.3, -0.25) is 0 Å². The molecule has 88 valence electrons. The second kappa shape index (κ2) is 5.25. The Hall–Kier alpha value is -1.16. The fourth-order valence-electron chi connectivity index (χ4n) is 1.91. The number of aromatic nitrogens is 2. The van der Waals surface area contributed by atoms with Gasteiger partial charge in [0.1, 0.15) is 11.6 Å². The predicted molar refractivity (Wildman–Crippen MR) is 65.6 cm³/mol. The van der Waals surface area contributed by atoms with E-state index in [1.165, 1.54) is 12.8 Å². The van der Waals surface area contributed by atoms with Crippen LogP contribution in [0.1, 0.15) is 38.4 Å². The van der Waals surface area contributed by atoms with E-state index in [1.54, 1.807) is 0 Å². The molecule has 1 saturated heterocycles. The highest BCUT2D eigenvalue weighted by atomic mass is 15.1. The van der Waals surface area contributed by atoms with Gasteiger partial charge in [0.25, 0.3) is 0 Å². The topological polar surface area (TPSA) is 49.8 Å². The lowest BCUT2D eigenvalue weighted by molar-refractivity contribution is 0.478. The van der Waals surface area contributed by atoms with Crippen molar-refractivity contribution in [1.29, 1.82) is 0 Å². The Morgan fingerprint density at radius 1 is 1.38 bits per heavy atom. The van der Waals surface area contributed by atoms with E-state index >= 15 is 0 Å². The molecular weight excluding hydrogens is 200 g/mol. The zero-order valence-electron chi connectivity index (χ0n) is 10.0. The van der Waals surface area contributed by atoms with Gasteiger partial charge in [-0.05, 0) is 32.0 Å². The number of hydrogen-bond donors (Lipinski definition) is 2. The first-order chi connectivity index (χ1) is 7.75. The molecule has 2 heterocycles. The highest BCUT2D eigenvalue weighted by molar-refractivity contribution is 5.34. The maximum atomic E-state index is 4.52. The number of rotatable bonds is 3. The average molecular weight is 220 g/mol. The smallest absolute Gasteiger partial charge is 0.133 e. The van der Waals surface area contributed by atoms with E-state index < -0.39 is 0 Å². The quantitative estimate of drug-likeness (QED) is 0.815. The molecule has 0 aliphatic carbocycles. The van der Waals surface area contributed by atoms with E-state index in [0.717, 1.165) is 24.7 Å². The molecule has 4 nitrogen and oxygen atoms in total. The van der Waals surface area contributed by atoms with Gasteiger partial charge in [-0.2, -0.15) is 0 Å². The van der Waals surface area contributed by atoms with Crippen molar-refractivity contribution >= 4 is 5.82 Å². The first kappa shape index (κ1) is 11.3. The number of piperidine rings is 1. The number of nitrogens with one attached hydrogen (secondary N) is 2. The van der Waals surface area contributed by atoms with Crippen LogP contribution in [0.5, 0.6) is 0 Å². The summed E-state index contributed by atoms with van der Waals surface area (Å²) < 4.78 is 0. The second-order valence-corrected chi connectivity index (χ2v) is 4.62. The first-order valence-electron chi connectivity index (χ1n) is 6.06. The van der Waals surface area contributed by atoms with Gasteiger partial charge in [-0.25, -0.2) is 9.97 Å². The molecule has 0 bridgehead atoms. The molecular formula is C12H20N4. The van der Waals surface area contributed by atoms with E-state index in [4.69, 9.17) is 0 Å². The highest BCUT2D eigenvalue weighted by Gasteiger charge is 2.13. The normalized spacial score (nSPS) is 17.7. The summed E-state index contributed by atoms with van der Waals surface area (Å²) in [6, 6.07) is 2.50. The zero-order valence-corrected chi connectivity index (χ0v) is 10.0. The van der Waals surface area contributed by atoms with Gasteiger partial charge in [-0.1, -0.05) is 13.8 Å². The molecule has 0 atom stereocenters. The largest absolute Gasteiger partial charge is 0.367 e. The Kier molecular flexibility index (Phi) is 3.72. The minimum absolute atomic E-state index is 0.384. The third kappa shape index (κ3) is 2.92. The van der Waals surface area contributed by atoms with Crippen molar-refractivity contribution in [3.63, 3.8) is 0 Å². The molecule has 4 heteroatoms. The molecule has 0 unspecified atom stereocenters. The van der Waals surface area contributed by atoms with Crippen molar-refractivity contribution in [3.05, 3.63) is 18.1 Å². The van der Waals surface area contributed by atoms with Crippen molar-refractivity contribution in [2.45, 2.75) is 38.6 Å². The minimum atomic E-state index is 0.384. The Morgan fingerprint density at radius 3 is 2.81 bits per heavy atom. The summed E-state index contributed by atoms with van der Waals surface area (Å²) in [4.78, 5) is 8.79. The van der Waals surface area contributed by atoms with E-state index in [0.29, 0.717) is 12.0 Å². The summed E-state index contributed by atoms with van der Waals surface area (Å²) in [5.41, 5.74) is 0. The molecule has 1 fully saturated rings. The lowest BCUT2D eigenvalue weighted by atomic mass is 10.1. The Bertz CT molecular complexity index is 332. The number of anilines is 1. The maximum Gasteiger partial charge on any atom is 0.133 e. The fraction of sp³-hybridized carbons (Fsp3) is 0.667. The lowest BCUT2D eigenvalue weighted by Crippen LogP contribution is -2.35. The maximum absolute atomic E-state index is 4.52. The highest BCUT2D eigenvalue weighted by Crippen LogP contribution is 2.14. The summed E-state index contributed by atoms with van der Waals surface area (Å²) in [7, 11) is 0. The van der Waals surface area contributed by atoms with Crippen molar-refractivity contribution in [3.8, 4) is 0 Å². The minimum Gasteiger partial charge on any atom is -0.367 e. The van der Waals surface area contributed by atoms with Gasteiger partial charge in [0.2, 0.25) is 0 Å². The van der Waals surface area contributed by atoms with Crippen molar-refractivity contribution < 1.29 is 0 Å². The van der Waals surface area contributed by atoms with E-state index in [1.807, 2.05) is 12.3 Å². The van der Waals surface area contributed by atoms with Gasteiger partial charge in [0.05, 0.1) is 0 Å². The Labute approximate surface area is 96.9 Å². The van der Waals surface area contributed by atoms with Gasteiger partial charge in [0.15, 0.2) is 0 Å². The van der Waals surface area contributed by atoms with Crippen LogP contribution in [0.4, 0.5) is 5.82 Å². The fourth-order valence-corrected chi connectivity index (χ4v) is 1.91. The van der Waals surface area contributed by atoms with Crippen LogP contribution < -0.4 is 10.6 Å². The van der Waals surface area contributed by atoms with Gasteiger partial charge in [0, 0.05) is 18.2 Å². The first-order valence-corrected chi connectivity index (χ1v) is 6.06. The summed E-state index contributed by atoms with van der Waals surface area (Å²) in [5, 5.41) is 6.84. The SMILES string of the molecule is CC(C)c1nccc(NC2CCNCC2)n1. The van der Waals surface area contributed by atoms with Crippen LogP contribution in [0.2, 0.25) is 0 Å². The molecule has 0 radical (unpaired) electrons. The standard InChI is InChI=1S/C12H20N4/c1-9(2)12-14-8-5-11(16-12)15-10-3-6-13-7-4-10/h5,8-10,13H,3-4,6-7H2,1-2H3,(H,14,15,16). The number of nitrogens with zero attached hydrogens (tertiary/aromatic N) is 2. The number of hydrogen-bond acceptors (Lipinski definition) is 4. The van der Waals surface area contributed by atoms with Crippen molar-refractivity contribution in [2.24, 2.45) is 0 Å². The third-order valence-corrected chi connectivity index (χ3v) is 2.88. The Balaban J connectivity index is 2.00. The Morgan fingerprint density at radius 2 is 2.12 bits per heavy atom. The van der Waals surface area contributed by atoms with Crippen LogP contribution >= 0.6 is 0 Å². The summed E-state index contributed by atoms with van der Waals surface area (Å²) in [6.45, 7) is 6.42. The van der Waals surface area contributed by atoms with E-state index in [9.17, 15) is 0 Å². The lowest BCUT2D eigenvalue weighted by Gasteiger charge is -2.24. The van der Waals surface area contributed by atoms with Gasteiger partial charge >= 0.3 is 0 Å². The van der Waals surface area contributed by atoms with Crippen LogP contribution in [-0.2, 0) is 0 Å². The predicted octanol–water partition coefficient (Wildman–Crippen LogP) is 1.76. The average Bonchev–Trinajstić information content (AvgIpc) is 2.30. The third-order valence-electron chi connectivity index (χ3n) is 2.88. The summed E-state index contributed by atoms with van der Waals surface area (Å²) >= 11 is 0. The van der Waals surface area contributed by atoms with Crippen LogP contribution in [-0.4, -0.2) is 29.1 Å². The molecule has 16 heavy (non-hydrogen) atoms. The van der Waals surface area contributed by atoms with Crippen molar-refractivity contribution in [2.75, 3.05) is 18.4 Å². The molecule has 0 amide bonds. The molecule has 1 aromatic heterocycles. The monoisotopic (exact) mass is 220 g/mol. The molecule has 0 spiro atoms. The molecule has 1 aromatic rings. The molecule has 2 N–H and O–H groups in total. The molecule has 0 aromatic carbocycles. The van der Waals surface area contributed by atoms with Crippen molar-refractivity contribution in [1.82, 2.24) is 15.3 Å². The molecule has 1 aliphatic heterocycles. The summed E-state index contributed by atoms with van der Waals surface area (Å²) in [6.07, 6.45) is 4.17. The second-order valence-electron chi connectivity index (χ2n) is 4.62. The molecule has 0 saturated carbocycles. The van der Waals surface area contributed by atoms with Crippen LogP contribution in [0.15, 0.2) is 12.3 Å². The summed E-state index contributed by atoms with van der Waals surface area (Å²) in [5.74, 6) is 2.26.